The topological polar surface area (TPSA) is 71.5 Å². The monoisotopic (exact) mass is 375 g/mol. The highest BCUT2D eigenvalue weighted by atomic mass is 35.5. The quantitative estimate of drug-likeness (QED) is 0.712. The number of aromatic nitrogens is 3. The molecule has 0 spiro atoms. The van der Waals surface area contributed by atoms with E-state index in [4.69, 9.17) is 16.3 Å². The van der Waals surface area contributed by atoms with Gasteiger partial charge < -0.3 is 14.5 Å². The van der Waals surface area contributed by atoms with Gasteiger partial charge in [-0.2, -0.15) is 0 Å². The van der Waals surface area contributed by atoms with Crippen LogP contribution in [-0.2, 0) is 4.74 Å². The molecule has 0 saturated carbocycles. The van der Waals surface area contributed by atoms with Crippen LogP contribution in [-0.4, -0.2) is 56.7 Å². The lowest BCUT2D eigenvalue weighted by Crippen LogP contribution is -2.64. The van der Waals surface area contributed by atoms with Crippen LogP contribution in [0.4, 0.5) is 10.6 Å². The van der Waals surface area contributed by atoms with E-state index in [2.05, 4.69) is 19.9 Å². The van der Waals surface area contributed by atoms with Crippen molar-refractivity contribution in [1.82, 2.24) is 19.9 Å². The summed E-state index contributed by atoms with van der Waals surface area (Å²) < 4.78 is 5.56. The van der Waals surface area contributed by atoms with E-state index in [1.165, 1.54) is 6.33 Å². The van der Waals surface area contributed by atoms with E-state index < -0.39 is 5.60 Å². The van der Waals surface area contributed by atoms with E-state index in [1.807, 2.05) is 37.8 Å². The molecular weight excluding hydrogens is 354 g/mol. The smallest absolute Gasteiger partial charge is 0.410 e. The number of hydrogen-bond acceptors (Lipinski definition) is 6. The first kappa shape index (κ1) is 17.3. The van der Waals surface area contributed by atoms with Gasteiger partial charge in [0, 0.05) is 19.1 Å². The second-order valence-corrected chi connectivity index (χ2v) is 8.23. The number of rotatable bonds is 1. The SMILES string of the molecule is CC(C)(C)OC(=O)N1CC2CCC1CN2c1ccc2ncnc(Cl)c2n1. The van der Waals surface area contributed by atoms with Crippen molar-refractivity contribution in [2.45, 2.75) is 51.3 Å². The Hall–Kier alpha value is -2.15. The maximum absolute atomic E-state index is 12.5. The number of halogens is 1. The number of amides is 1. The number of carbonyl (C=O) groups excluding carboxylic acids is 1. The molecule has 1 amide bonds. The van der Waals surface area contributed by atoms with Crippen LogP contribution in [0.25, 0.3) is 11.0 Å². The zero-order valence-corrected chi connectivity index (χ0v) is 15.9. The minimum atomic E-state index is -0.482. The van der Waals surface area contributed by atoms with Gasteiger partial charge in [0.1, 0.15) is 23.3 Å². The summed E-state index contributed by atoms with van der Waals surface area (Å²) in [5.74, 6) is 0.854. The Labute approximate surface area is 157 Å². The van der Waals surface area contributed by atoms with E-state index in [1.54, 1.807) is 0 Å². The van der Waals surface area contributed by atoms with Crippen molar-refractivity contribution in [2.75, 3.05) is 18.0 Å². The maximum atomic E-state index is 12.5. The van der Waals surface area contributed by atoms with Crippen LogP contribution in [0.5, 0.6) is 0 Å². The predicted molar refractivity (Wildman–Crippen MR) is 99.4 cm³/mol. The number of anilines is 1. The summed E-state index contributed by atoms with van der Waals surface area (Å²) in [4.78, 5) is 29.5. The van der Waals surface area contributed by atoms with E-state index in [-0.39, 0.29) is 18.2 Å². The molecule has 2 unspecified atom stereocenters. The van der Waals surface area contributed by atoms with Crippen LogP contribution < -0.4 is 4.90 Å². The van der Waals surface area contributed by atoms with Crippen molar-refractivity contribution in [2.24, 2.45) is 0 Å². The molecule has 2 bridgehead atoms. The summed E-state index contributed by atoms with van der Waals surface area (Å²) in [6, 6.07) is 4.24. The summed E-state index contributed by atoms with van der Waals surface area (Å²) in [7, 11) is 0. The molecule has 3 aliphatic heterocycles. The molecule has 138 valence electrons. The molecule has 5 heterocycles. The molecule has 3 fully saturated rings. The molecule has 2 aromatic heterocycles. The first-order valence-corrected chi connectivity index (χ1v) is 9.23. The molecule has 0 aliphatic carbocycles. The van der Waals surface area contributed by atoms with E-state index >= 15 is 0 Å². The number of pyridine rings is 1. The molecule has 26 heavy (non-hydrogen) atoms. The van der Waals surface area contributed by atoms with Crippen molar-refractivity contribution in [3.05, 3.63) is 23.6 Å². The minimum absolute atomic E-state index is 0.134. The van der Waals surface area contributed by atoms with Crippen molar-refractivity contribution >= 4 is 34.5 Å². The summed E-state index contributed by atoms with van der Waals surface area (Å²) >= 11 is 6.17. The minimum Gasteiger partial charge on any atom is -0.444 e. The molecule has 2 atom stereocenters. The second-order valence-electron chi connectivity index (χ2n) is 7.87. The van der Waals surface area contributed by atoms with Crippen molar-refractivity contribution in [3.8, 4) is 0 Å². The van der Waals surface area contributed by atoms with Crippen LogP contribution in [0.1, 0.15) is 33.6 Å². The van der Waals surface area contributed by atoms with Crippen molar-refractivity contribution in [3.63, 3.8) is 0 Å². The average Bonchev–Trinajstić information content (AvgIpc) is 2.60. The number of ether oxygens (including phenoxy) is 1. The van der Waals surface area contributed by atoms with E-state index in [9.17, 15) is 4.79 Å². The zero-order valence-electron chi connectivity index (χ0n) is 15.1. The fraction of sp³-hybridized carbons (Fsp3) is 0.556. The second kappa shape index (κ2) is 6.23. The molecule has 8 heteroatoms. The number of fused-ring (bicyclic) bond motifs is 4. The molecule has 2 aromatic rings. The highest BCUT2D eigenvalue weighted by Crippen LogP contribution is 2.33. The number of piperazine rings is 1. The van der Waals surface area contributed by atoms with Gasteiger partial charge in [0.15, 0.2) is 5.15 Å². The standard InChI is InChI=1S/C18H22ClN5O2/c1-18(2,3)26-17(25)24-9-11-4-5-12(24)8-23(11)14-7-6-13-15(22-14)16(19)21-10-20-13/h6-7,10-12H,4-5,8-9H2,1-3H3. The molecular formula is C18H22ClN5O2. The summed E-state index contributed by atoms with van der Waals surface area (Å²) in [6.45, 7) is 7.07. The van der Waals surface area contributed by atoms with Crippen LogP contribution in [0.15, 0.2) is 18.5 Å². The van der Waals surface area contributed by atoms with Crippen molar-refractivity contribution in [1.29, 1.82) is 0 Å². The van der Waals surface area contributed by atoms with Gasteiger partial charge in [0.2, 0.25) is 0 Å². The summed E-state index contributed by atoms with van der Waals surface area (Å²) in [5, 5.41) is 0.356. The van der Waals surface area contributed by atoms with Gasteiger partial charge in [-0.3, -0.25) is 0 Å². The lowest BCUT2D eigenvalue weighted by atomic mass is 9.91. The molecule has 3 saturated heterocycles. The van der Waals surface area contributed by atoms with Gasteiger partial charge in [0.25, 0.3) is 0 Å². The lowest BCUT2D eigenvalue weighted by Gasteiger charge is -2.51. The zero-order chi connectivity index (χ0) is 18.5. The Bertz CT molecular complexity index is 853. The number of hydrogen-bond donors (Lipinski definition) is 0. The van der Waals surface area contributed by atoms with Crippen LogP contribution in [0.3, 0.4) is 0 Å². The average molecular weight is 376 g/mol. The Morgan fingerprint density at radius 2 is 1.96 bits per heavy atom. The third kappa shape index (κ3) is 3.16. The van der Waals surface area contributed by atoms with E-state index in [0.29, 0.717) is 17.2 Å². The summed E-state index contributed by atoms with van der Waals surface area (Å²) in [6.07, 6.45) is 3.23. The maximum Gasteiger partial charge on any atom is 0.410 e. The van der Waals surface area contributed by atoms with Gasteiger partial charge in [-0.25, -0.2) is 19.7 Å². The fourth-order valence-corrected chi connectivity index (χ4v) is 3.90. The van der Waals surface area contributed by atoms with E-state index in [0.717, 1.165) is 30.7 Å². The molecule has 3 aliphatic rings. The fourth-order valence-electron chi connectivity index (χ4n) is 3.71. The van der Waals surface area contributed by atoms with Crippen LogP contribution in [0.2, 0.25) is 5.15 Å². The molecule has 5 rings (SSSR count). The number of nitrogens with zero attached hydrogens (tertiary/aromatic N) is 5. The molecule has 7 nitrogen and oxygen atoms in total. The Morgan fingerprint density at radius 1 is 1.19 bits per heavy atom. The lowest BCUT2D eigenvalue weighted by molar-refractivity contribution is 0.000793. The first-order chi connectivity index (χ1) is 12.3. The normalized spacial score (nSPS) is 22.8. The molecule has 0 N–H and O–H groups in total. The number of carbonyl (C=O) groups is 1. The highest BCUT2D eigenvalue weighted by molar-refractivity contribution is 6.33. The number of piperidine rings is 2. The highest BCUT2D eigenvalue weighted by Gasteiger charge is 2.43. The van der Waals surface area contributed by atoms with Gasteiger partial charge in [-0.1, -0.05) is 11.6 Å². The largest absolute Gasteiger partial charge is 0.444 e. The summed E-state index contributed by atoms with van der Waals surface area (Å²) in [5.41, 5.74) is 0.854. The van der Waals surface area contributed by atoms with Crippen LogP contribution >= 0.6 is 11.6 Å². The van der Waals surface area contributed by atoms with Gasteiger partial charge >= 0.3 is 6.09 Å². The molecule has 0 radical (unpaired) electrons. The molecule has 0 aromatic carbocycles. The predicted octanol–water partition coefficient (Wildman–Crippen LogP) is 3.27. The van der Waals surface area contributed by atoms with Crippen LogP contribution in [0, 0.1) is 0 Å². The Balaban J connectivity index is 1.56. The Kier molecular flexibility index (Phi) is 4.14. The first-order valence-electron chi connectivity index (χ1n) is 8.85. The van der Waals surface area contributed by atoms with Gasteiger partial charge in [-0.15, -0.1) is 0 Å². The van der Waals surface area contributed by atoms with Gasteiger partial charge in [0.05, 0.1) is 11.6 Å². The van der Waals surface area contributed by atoms with Crippen molar-refractivity contribution < 1.29 is 9.53 Å². The third-order valence-corrected chi connectivity index (χ3v) is 5.15. The van der Waals surface area contributed by atoms with Gasteiger partial charge in [-0.05, 0) is 45.7 Å². The Morgan fingerprint density at radius 3 is 2.65 bits per heavy atom. The third-order valence-electron chi connectivity index (χ3n) is 4.87.